The summed E-state index contributed by atoms with van der Waals surface area (Å²) >= 11 is 0. The van der Waals surface area contributed by atoms with Gasteiger partial charge in [-0.25, -0.2) is 0 Å². The van der Waals surface area contributed by atoms with Gasteiger partial charge < -0.3 is 30.6 Å². The van der Waals surface area contributed by atoms with Crippen LogP contribution in [0.5, 0.6) is 0 Å². The maximum atomic E-state index is 9.97. The first-order chi connectivity index (χ1) is 5.86. The molecule has 0 aliphatic rings. The van der Waals surface area contributed by atoms with Crippen LogP contribution in [0.15, 0.2) is 0 Å². The zero-order valence-electron chi connectivity index (χ0n) is 6.61. The maximum absolute atomic E-state index is 9.97. The van der Waals surface area contributed by atoms with Gasteiger partial charge in [-0.2, -0.15) is 0 Å². The standard InChI is InChI=1S/C6H12O7/c7-1-3(9)4(10)5(11)6(12,13)2-8/h2-5,7,9-13H,1H2. The number of hydrogen-bond donors (Lipinski definition) is 6. The number of hydrogen-bond acceptors (Lipinski definition) is 7. The average Bonchev–Trinajstić information content (AvgIpc) is 2.14. The van der Waals surface area contributed by atoms with E-state index in [1.54, 1.807) is 0 Å². The Morgan fingerprint density at radius 2 is 1.69 bits per heavy atom. The summed E-state index contributed by atoms with van der Waals surface area (Å²) in [5, 5.41) is 52.3. The molecular weight excluding hydrogens is 184 g/mol. The second-order valence-corrected chi connectivity index (χ2v) is 2.59. The second-order valence-electron chi connectivity index (χ2n) is 2.59. The van der Waals surface area contributed by atoms with Gasteiger partial charge in [-0.05, 0) is 0 Å². The molecule has 0 aromatic carbocycles. The highest BCUT2D eigenvalue weighted by Crippen LogP contribution is 2.10. The van der Waals surface area contributed by atoms with Crippen LogP contribution >= 0.6 is 0 Å². The molecule has 0 aromatic rings. The predicted octanol–water partition coefficient (Wildman–Crippen LogP) is -4.06. The highest BCUT2D eigenvalue weighted by molar-refractivity contribution is 5.60. The van der Waals surface area contributed by atoms with Gasteiger partial charge in [0.15, 0.2) is 6.29 Å². The Balaban J connectivity index is 4.40. The lowest BCUT2D eigenvalue weighted by molar-refractivity contribution is -0.237. The van der Waals surface area contributed by atoms with Crippen LogP contribution in [0.2, 0.25) is 0 Å². The lowest BCUT2D eigenvalue weighted by Gasteiger charge is -2.27. The van der Waals surface area contributed by atoms with E-state index in [9.17, 15) is 4.79 Å². The molecule has 13 heavy (non-hydrogen) atoms. The van der Waals surface area contributed by atoms with Crippen LogP contribution in [0, 0.1) is 0 Å². The van der Waals surface area contributed by atoms with E-state index in [0.29, 0.717) is 0 Å². The summed E-state index contributed by atoms with van der Waals surface area (Å²) in [4.78, 5) is 9.97. The van der Waals surface area contributed by atoms with Crippen LogP contribution in [0.25, 0.3) is 0 Å². The van der Waals surface area contributed by atoms with Crippen LogP contribution in [0.4, 0.5) is 0 Å². The van der Waals surface area contributed by atoms with Crippen molar-refractivity contribution in [3.8, 4) is 0 Å². The smallest absolute Gasteiger partial charge is 0.250 e. The summed E-state index contributed by atoms with van der Waals surface area (Å²) in [5.41, 5.74) is 0. The molecule has 0 saturated heterocycles. The highest BCUT2D eigenvalue weighted by atomic mass is 16.5. The van der Waals surface area contributed by atoms with Crippen LogP contribution in [-0.4, -0.2) is 67.6 Å². The number of carbonyl (C=O) groups is 1. The van der Waals surface area contributed by atoms with Crippen molar-refractivity contribution >= 4 is 6.29 Å². The maximum Gasteiger partial charge on any atom is 0.250 e. The fourth-order valence-electron chi connectivity index (χ4n) is 0.639. The lowest BCUT2D eigenvalue weighted by atomic mass is 10.0. The molecule has 7 heteroatoms. The molecule has 0 fully saturated rings. The largest absolute Gasteiger partial charge is 0.394 e. The van der Waals surface area contributed by atoms with Gasteiger partial charge in [0.25, 0.3) is 5.79 Å². The van der Waals surface area contributed by atoms with Gasteiger partial charge in [0.1, 0.15) is 18.3 Å². The summed E-state index contributed by atoms with van der Waals surface area (Å²) in [7, 11) is 0. The lowest BCUT2D eigenvalue weighted by Crippen LogP contribution is -2.54. The minimum Gasteiger partial charge on any atom is -0.394 e. The number of aldehydes is 1. The molecule has 0 aliphatic heterocycles. The summed E-state index contributed by atoms with van der Waals surface area (Å²) in [6, 6.07) is 0. The van der Waals surface area contributed by atoms with E-state index in [4.69, 9.17) is 30.6 Å². The first kappa shape index (κ1) is 12.4. The zero-order valence-corrected chi connectivity index (χ0v) is 6.61. The molecule has 0 radical (unpaired) electrons. The van der Waals surface area contributed by atoms with E-state index in [1.165, 1.54) is 0 Å². The highest BCUT2D eigenvalue weighted by Gasteiger charge is 2.40. The van der Waals surface area contributed by atoms with Crippen LogP contribution < -0.4 is 0 Å². The number of aliphatic hydroxyl groups is 6. The number of carbonyl (C=O) groups excluding carboxylic acids is 1. The second kappa shape index (κ2) is 4.61. The molecule has 0 aliphatic carbocycles. The van der Waals surface area contributed by atoms with Crippen molar-refractivity contribution in [2.24, 2.45) is 0 Å². The average molecular weight is 196 g/mol. The molecule has 0 aromatic heterocycles. The van der Waals surface area contributed by atoms with Gasteiger partial charge >= 0.3 is 0 Å². The van der Waals surface area contributed by atoms with Crippen molar-refractivity contribution in [1.29, 1.82) is 0 Å². The Bertz CT molecular complexity index is 168. The quantitative estimate of drug-likeness (QED) is 0.194. The molecule has 7 nitrogen and oxygen atoms in total. The van der Waals surface area contributed by atoms with Crippen molar-refractivity contribution in [2.45, 2.75) is 24.1 Å². The van der Waals surface area contributed by atoms with Crippen LogP contribution in [-0.2, 0) is 4.79 Å². The van der Waals surface area contributed by atoms with Gasteiger partial charge in [0, 0.05) is 0 Å². The third-order valence-electron chi connectivity index (χ3n) is 1.51. The van der Waals surface area contributed by atoms with E-state index in [2.05, 4.69) is 0 Å². The molecule has 0 amide bonds. The summed E-state index contributed by atoms with van der Waals surface area (Å²) in [5.74, 6) is -3.14. The molecule has 6 N–H and O–H groups in total. The third-order valence-corrected chi connectivity index (χ3v) is 1.51. The SMILES string of the molecule is O=CC(O)(O)C(O)C(O)C(O)CO. The fourth-order valence-corrected chi connectivity index (χ4v) is 0.639. The summed E-state index contributed by atoms with van der Waals surface area (Å²) < 4.78 is 0. The molecule has 3 unspecified atom stereocenters. The first-order valence-corrected chi connectivity index (χ1v) is 3.43. The van der Waals surface area contributed by atoms with E-state index >= 15 is 0 Å². The topological polar surface area (TPSA) is 138 Å². The fraction of sp³-hybridized carbons (Fsp3) is 0.833. The Morgan fingerprint density at radius 3 is 2.00 bits per heavy atom. The normalized spacial score (nSPS) is 19.2. The number of aliphatic hydroxyl groups excluding tert-OH is 4. The monoisotopic (exact) mass is 196 g/mol. The van der Waals surface area contributed by atoms with E-state index in [1.807, 2.05) is 0 Å². The Hall–Kier alpha value is -0.570. The minimum absolute atomic E-state index is 0.398. The molecule has 0 heterocycles. The Labute approximate surface area is 73.5 Å². The Kier molecular flexibility index (Phi) is 4.40. The van der Waals surface area contributed by atoms with Crippen molar-refractivity contribution in [1.82, 2.24) is 0 Å². The molecule has 0 rings (SSSR count). The van der Waals surface area contributed by atoms with E-state index in [-0.39, 0.29) is 0 Å². The van der Waals surface area contributed by atoms with Crippen LogP contribution in [0.3, 0.4) is 0 Å². The predicted molar refractivity (Wildman–Crippen MR) is 38.3 cm³/mol. The van der Waals surface area contributed by atoms with Crippen LogP contribution in [0.1, 0.15) is 0 Å². The van der Waals surface area contributed by atoms with Gasteiger partial charge in [-0.3, -0.25) is 4.79 Å². The van der Waals surface area contributed by atoms with Gasteiger partial charge in [-0.15, -0.1) is 0 Å². The first-order valence-electron chi connectivity index (χ1n) is 3.43. The minimum atomic E-state index is -3.14. The van der Waals surface area contributed by atoms with Crippen molar-refractivity contribution in [2.75, 3.05) is 6.61 Å². The molecule has 0 spiro atoms. The Morgan fingerprint density at radius 1 is 1.23 bits per heavy atom. The molecule has 3 atom stereocenters. The molecular formula is C6H12O7. The molecule has 0 bridgehead atoms. The molecule has 0 saturated carbocycles. The van der Waals surface area contributed by atoms with Crippen molar-refractivity contribution in [3.63, 3.8) is 0 Å². The van der Waals surface area contributed by atoms with E-state index < -0.39 is 37.0 Å². The van der Waals surface area contributed by atoms with Gasteiger partial charge in [0.05, 0.1) is 6.61 Å². The van der Waals surface area contributed by atoms with Gasteiger partial charge in [0.2, 0.25) is 0 Å². The van der Waals surface area contributed by atoms with Crippen molar-refractivity contribution in [3.05, 3.63) is 0 Å². The summed E-state index contributed by atoms with van der Waals surface area (Å²) in [6.45, 7) is -0.882. The molecule has 78 valence electrons. The number of rotatable bonds is 5. The van der Waals surface area contributed by atoms with Gasteiger partial charge in [-0.1, -0.05) is 0 Å². The zero-order chi connectivity index (χ0) is 10.6. The van der Waals surface area contributed by atoms with E-state index in [0.717, 1.165) is 0 Å². The van der Waals surface area contributed by atoms with Crippen molar-refractivity contribution < 1.29 is 35.4 Å². The third kappa shape index (κ3) is 2.99. The summed E-state index contributed by atoms with van der Waals surface area (Å²) in [6.07, 6.45) is -6.46.